The van der Waals surface area contributed by atoms with Crippen molar-refractivity contribution in [3.05, 3.63) is 71.3 Å². The normalized spacial score (nSPS) is 17.2. The Bertz CT molecular complexity index is 1090. The van der Waals surface area contributed by atoms with Gasteiger partial charge < -0.3 is 0 Å². The number of halogens is 2. The first-order chi connectivity index (χ1) is 16.1. The van der Waals surface area contributed by atoms with Gasteiger partial charge in [-0.15, -0.1) is 24.8 Å². The molecule has 4 atom stereocenters. The summed E-state index contributed by atoms with van der Waals surface area (Å²) in [6.07, 6.45) is 1.23. The summed E-state index contributed by atoms with van der Waals surface area (Å²) < 4.78 is 14.3. The van der Waals surface area contributed by atoms with E-state index in [0.29, 0.717) is 30.5 Å². The molecule has 0 radical (unpaired) electrons. The number of likely N-dealkylation sites (tertiary alicyclic amines) is 1. The van der Waals surface area contributed by atoms with Crippen LogP contribution in [0.2, 0.25) is 0 Å². The number of carboxylic acid groups (broad SMARTS) is 1. The molecular weight excluding hydrogens is 593 g/mol. The van der Waals surface area contributed by atoms with Gasteiger partial charge in [0.1, 0.15) is 0 Å². The molecule has 198 valence electrons. The molecule has 1 amide bonds. The van der Waals surface area contributed by atoms with E-state index < -0.39 is 46.1 Å². The van der Waals surface area contributed by atoms with Crippen molar-refractivity contribution in [3.8, 4) is 0 Å². The van der Waals surface area contributed by atoms with Gasteiger partial charge in [-0.3, -0.25) is 0 Å². The number of carbonyl (C=O) groups excluding carboxylic acids is 1. The van der Waals surface area contributed by atoms with Crippen LogP contribution in [0.4, 0.5) is 0 Å². The number of nitrogens with one attached hydrogen (secondary N) is 2. The van der Waals surface area contributed by atoms with Crippen LogP contribution in [-0.2, 0) is 20.6 Å². The summed E-state index contributed by atoms with van der Waals surface area (Å²) in [6, 6.07) is 13.6. The Morgan fingerprint density at radius 1 is 1.14 bits per heavy atom. The summed E-state index contributed by atoms with van der Waals surface area (Å²) in [5.41, 5.74) is 7.14. The van der Waals surface area contributed by atoms with Gasteiger partial charge in [0, 0.05) is 0 Å². The Morgan fingerprint density at radius 3 is 2.28 bits per heavy atom. The average Bonchev–Trinajstić information content (AvgIpc) is 3.28. The first-order valence-electron chi connectivity index (χ1n) is 10.7. The molecule has 1 aliphatic heterocycles. The van der Waals surface area contributed by atoms with Crippen molar-refractivity contribution < 1.29 is 29.0 Å². The summed E-state index contributed by atoms with van der Waals surface area (Å²) >= 11 is -1.61. The number of carboxylic acids is 1. The van der Waals surface area contributed by atoms with Gasteiger partial charge in [0.25, 0.3) is 0 Å². The first kappa shape index (κ1) is 32.1. The van der Waals surface area contributed by atoms with E-state index in [1.54, 1.807) is 0 Å². The van der Waals surface area contributed by atoms with Crippen LogP contribution < -0.4 is 9.97 Å². The van der Waals surface area contributed by atoms with Crippen LogP contribution >= 0.6 is 32.4 Å². The van der Waals surface area contributed by atoms with Crippen molar-refractivity contribution in [2.24, 2.45) is 5.73 Å². The second-order valence-corrected chi connectivity index (χ2v) is 13.2. The minimum absolute atomic E-state index is 0. The number of amidine groups is 1. The van der Waals surface area contributed by atoms with E-state index in [2.05, 4.69) is 4.23 Å². The summed E-state index contributed by atoms with van der Waals surface area (Å²) in [7, 11) is -4.57. The fraction of sp³-hybridized carbons (Fsp3) is 0.318. The number of nitrogens with two attached hydrogens (primary N) is 1. The molecule has 1 aliphatic rings. The predicted octanol–water partition coefficient (Wildman–Crippen LogP) is 1.62. The van der Waals surface area contributed by atoms with Crippen molar-refractivity contribution in [3.63, 3.8) is 0 Å². The van der Waals surface area contributed by atoms with Gasteiger partial charge in [0.15, 0.2) is 0 Å². The fourth-order valence-electron chi connectivity index (χ4n) is 3.92. The molecule has 0 spiro atoms. The third-order valence-corrected chi connectivity index (χ3v) is 11.8. The zero-order valence-electron chi connectivity index (χ0n) is 19.1. The molecule has 2 aromatic carbocycles. The molecule has 7 N–H and O–H groups in total. The van der Waals surface area contributed by atoms with E-state index in [1.165, 1.54) is 29.2 Å². The minimum atomic E-state index is -4.57. The number of aliphatic carboxylic acids is 1. The number of benzene rings is 2. The molecule has 0 aliphatic carbocycles. The summed E-state index contributed by atoms with van der Waals surface area (Å²) in [6.45, 7) is 0.331. The molecule has 0 bridgehead atoms. The standard InChI is InChI=1S/C22H28AsN4O6P.2ClH/c24-20(25)16-10-8-15(9-11-16)19(34(31,32)33)23-26-17(13-14-5-2-1-3-6-14)21(28)27-12-4-7-18(27)22(29)30;;/h1-3,5-6,8-11,17-19,23,26H,4,7,12-13H2,(H3,24,25)(H,29,30)(H2,31,32,33);2*1H/t17-,18+,19?;;/m1../s1. The molecule has 0 saturated carbocycles. The van der Waals surface area contributed by atoms with E-state index in [4.69, 9.17) is 11.1 Å². The van der Waals surface area contributed by atoms with E-state index >= 15 is 0 Å². The van der Waals surface area contributed by atoms with Crippen LogP contribution in [0.5, 0.6) is 0 Å². The fourth-order valence-corrected chi connectivity index (χ4v) is 8.08. The van der Waals surface area contributed by atoms with E-state index in [1.807, 2.05) is 30.3 Å². The van der Waals surface area contributed by atoms with Crippen molar-refractivity contribution in [2.75, 3.05) is 6.54 Å². The number of nitrogens with zero attached hydrogens (tertiary/aromatic N) is 1. The van der Waals surface area contributed by atoms with Crippen LogP contribution in [0.1, 0.15) is 34.0 Å². The quantitative estimate of drug-likeness (QED) is 0.100. The number of hydrogen-bond donors (Lipinski definition) is 6. The van der Waals surface area contributed by atoms with Crippen molar-refractivity contribution in [2.45, 2.75) is 35.8 Å². The van der Waals surface area contributed by atoms with E-state index in [0.717, 1.165) is 5.56 Å². The summed E-state index contributed by atoms with van der Waals surface area (Å²) in [5.74, 6) is -1.59. The topological polar surface area (TPSA) is 177 Å². The van der Waals surface area contributed by atoms with Crippen molar-refractivity contribution in [1.29, 1.82) is 5.41 Å². The molecule has 1 fully saturated rings. The molecule has 14 heteroatoms. The van der Waals surface area contributed by atoms with Crippen molar-refractivity contribution >= 4 is 66.1 Å². The van der Waals surface area contributed by atoms with Gasteiger partial charge >= 0.3 is 204 Å². The molecule has 1 heterocycles. The third kappa shape index (κ3) is 8.32. The Labute approximate surface area is 228 Å². The molecule has 3 rings (SSSR count). The second-order valence-electron chi connectivity index (χ2n) is 8.09. The Kier molecular flexibility index (Phi) is 12.6. The Hall–Kier alpha value is -1.90. The number of rotatable bonds is 10. The molecule has 10 nitrogen and oxygen atoms in total. The third-order valence-electron chi connectivity index (χ3n) is 5.67. The second kappa shape index (κ2) is 14.1. The van der Waals surface area contributed by atoms with Crippen LogP contribution in [0.15, 0.2) is 54.6 Å². The zero-order chi connectivity index (χ0) is 24.9. The van der Waals surface area contributed by atoms with Crippen LogP contribution in [0, 0.1) is 5.41 Å². The van der Waals surface area contributed by atoms with Crippen molar-refractivity contribution in [1.82, 2.24) is 9.13 Å². The first-order valence-corrected chi connectivity index (χ1v) is 14.6. The Balaban J connectivity index is 0.00000324. The molecule has 0 aromatic heterocycles. The SMILES string of the molecule is Cl.Cl.N=C(N)c1ccc(C([AsH]N[C@H](Cc2ccccc2)C(=O)N2CCC[C@H]2C(=O)O)P(=O)(O)O)cc1. The summed E-state index contributed by atoms with van der Waals surface area (Å²) in [5, 5.41) is 17.0. The maximum atomic E-state index is 13.4. The van der Waals surface area contributed by atoms with Crippen LogP contribution in [0.25, 0.3) is 0 Å². The predicted molar refractivity (Wildman–Crippen MR) is 143 cm³/mol. The van der Waals surface area contributed by atoms with Gasteiger partial charge in [0.2, 0.25) is 0 Å². The molecular formula is C22H30AsCl2N4O6P. The molecule has 2 aromatic rings. The van der Waals surface area contributed by atoms with Gasteiger partial charge in [-0.25, -0.2) is 0 Å². The number of amides is 1. The molecule has 36 heavy (non-hydrogen) atoms. The number of carbonyl (C=O) groups is 2. The van der Waals surface area contributed by atoms with Gasteiger partial charge in [-0.05, 0) is 0 Å². The molecule has 2 unspecified atom stereocenters. The van der Waals surface area contributed by atoms with Crippen LogP contribution in [0.3, 0.4) is 0 Å². The zero-order valence-corrected chi connectivity index (χ0v) is 23.7. The Morgan fingerprint density at radius 2 is 1.75 bits per heavy atom. The van der Waals surface area contributed by atoms with E-state index in [9.17, 15) is 29.0 Å². The van der Waals surface area contributed by atoms with Gasteiger partial charge in [0.05, 0.1) is 0 Å². The molecule has 1 saturated heterocycles. The van der Waals surface area contributed by atoms with Crippen LogP contribution in [-0.4, -0.2) is 72.1 Å². The number of nitrogen functional groups attached to an aromatic ring is 1. The maximum absolute atomic E-state index is 13.4. The van der Waals surface area contributed by atoms with Gasteiger partial charge in [-0.2, -0.15) is 0 Å². The van der Waals surface area contributed by atoms with Gasteiger partial charge in [-0.1, -0.05) is 0 Å². The number of hydrogen-bond acceptors (Lipinski definition) is 5. The van der Waals surface area contributed by atoms with E-state index in [-0.39, 0.29) is 43.0 Å². The monoisotopic (exact) mass is 622 g/mol. The average molecular weight is 623 g/mol. The summed E-state index contributed by atoms with van der Waals surface area (Å²) in [4.78, 5) is 46.4.